The number of benzene rings is 1. The minimum Gasteiger partial charge on any atom is -0.385 e. The largest absolute Gasteiger partial charge is 0.385 e. The molecule has 3 rings (SSSR count). The number of aryl methyl sites for hydroxylation is 1. The molecule has 0 saturated heterocycles. The fourth-order valence-corrected chi connectivity index (χ4v) is 2.90. The molecule has 3 nitrogen and oxygen atoms in total. The number of nitrogens with one attached hydrogen (secondary N) is 1. The standard InChI is InChI=1S/C17H20N2O/c20-17-11-10-14-6-4-9-16(14)19(17)13-5-12-18-15-7-2-1-3-8-15/h1-3,7-8,10-11,18H,4-6,9,12-13H2. The quantitative estimate of drug-likeness (QED) is 0.846. The van der Waals surface area contributed by atoms with Gasteiger partial charge in [-0.2, -0.15) is 0 Å². The Kier molecular flexibility index (Phi) is 3.86. The Balaban J connectivity index is 1.59. The van der Waals surface area contributed by atoms with Gasteiger partial charge in [0.1, 0.15) is 0 Å². The van der Waals surface area contributed by atoms with Crippen LogP contribution in [0.15, 0.2) is 47.3 Å². The van der Waals surface area contributed by atoms with Crippen LogP contribution in [0.3, 0.4) is 0 Å². The number of hydrogen-bond donors (Lipinski definition) is 1. The van der Waals surface area contributed by atoms with E-state index in [9.17, 15) is 4.79 Å². The van der Waals surface area contributed by atoms with Gasteiger partial charge >= 0.3 is 0 Å². The average Bonchev–Trinajstić information content (AvgIpc) is 2.95. The smallest absolute Gasteiger partial charge is 0.250 e. The molecule has 1 N–H and O–H groups in total. The number of nitrogens with zero attached hydrogens (tertiary/aromatic N) is 1. The van der Waals surface area contributed by atoms with E-state index >= 15 is 0 Å². The van der Waals surface area contributed by atoms with Crippen LogP contribution in [0.1, 0.15) is 24.1 Å². The van der Waals surface area contributed by atoms with Crippen molar-refractivity contribution >= 4 is 5.69 Å². The van der Waals surface area contributed by atoms with Crippen molar-refractivity contribution in [2.75, 3.05) is 11.9 Å². The highest BCUT2D eigenvalue weighted by Crippen LogP contribution is 2.19. The molecule has 3 heteroatoms. The minimum atomic E-state index is 0.144. The van der Waals surface area contributed by atoms with Gasteiger partial charge in [-0.05, 0) is 43.4 Å². The van der Waals surface area contributed by atoms with E-state index in [4.69, 9.17) is 0 Å². The fourth-order valence-electron chi connectivity index (χ4n) is 2.90. The van der Waals surface area contributed by atoms with Gasteiger partial charge in [0.25, 0.3) is 5.56 Å². The highest BCUT2D eigenvalue weighted by molar-refractivity contribution is 5.42. The highest BCUT2D eigenvalue weighted by atomic mass is 16.1. The van der Waals surface area contributed by atoms with Crippen LogP contribution in [0, 0.1) is 0 Å². The Hall–Kier alpha value is -2.03. The third-order valence-corrected chi connectivity index (χ3v) is 3.91. The summed E-state index contributed by atoms with van der Waals surface area (Å²) >= 11 is 0. The van der Waals surface area contributed by atoms with Crippen molar-refractivity contribution in [2.24, 2.45) is 0 Å². The van der Waals surface area contributed by atoms with Crippen LogP contribution in [-0.2, 0) is 19.4 Å². The summed E-state index contributed by atoms with van der Waals surface area (Å²) in [5.41, 5.74) is 3.90. The molecule has 0 radical (unpaired) electrons. The molecule has 1 aliphatic carbocycles. The van der Waals surface area contributed by atoms with Crippen molar-refractivity contribution < 1.29 is 0 Å². The van der Waals surface area contributed by atoms with Crippen LogP contribution >= 0.6 is 0 Å². The van der Waals surface area contributed by atoms with Crippen LogP contribution in [0.25, 0.3) is 0 Å². The molecule has 2 aromatic rings. The predicted molar refractivity (Wildman–Crippen MR) is 82.3 cm³/mol. The van der Waals surface area contributed by atoms with Crippen LogP contribution in [-0.4, -0.2) is 11.1 Å². The Morgan fingerprint density at radius 3 is 2.75 bits per heavy atom. The molecule has 0 unspecified atom stereocenters. The third kappa shape index (κ3) is 2.77. The Morgan fingerprint density at radius 2 is 1.90 bits per heavy atom. The number of fused-ring (bicyclic) bond motifs is 1. The molecule has 0 bridgehead atoms. The number of pyridine rings is 1. The summed E-state index contributed by atoms with van der Waals surface area (Å²) in [4.78, 5) is 12.0. The zero-order valence-electron chi connectivity index (χ0n) is 11.6. The highest BCUT2D eigenvalue weighted by Gasteiger charge is 2.15. The van der Waals surface area contributed by atoms with Crippen molar-refractivity contribution in [3.8, 4) is 0 Å². The zero-order chi connectivity index (χ0) is 13.8. The second-order valence-corrected chi connectivity index (χ2v) is 5.30. The maximum atomic E-state index is 12.0. The first-order valence-corrected chi connectivity index (χ1v) is 7.35. The molecule has 0 fully saturated rings. The summed E-state index contributed by atoms with van der Waals surface area (Å²) in [5, 5.41) is 3.39. The van der Waals surface area contributed by atoms with Gasteiger partial charge in [0, 0.05) is 30.5 Å². The van der Waals surface area contributed by atoms with E-state index in [1.807, 2.05) is 28.8 Å². The van der Waals surface area contributed by atoms with Gasteiger partial charge in [0.2, 0.25) is 0 Å². The van der Waals surface area contributed by atoms with Crippen molar-refractivity contribution in [3.63, 3.8) is 0 Å². The van der Waals surface area contributed by atoms with Crippen LogP contribution in [0.2, 0.25) is 0 Å². The van der Waals surface area contributed by atoms with Crippen LogP contribution < -0.4 is 10.9 Å². The molecule has 1 aliphatic rings. The molecule has 1 heterocycles. The van der Waals surface area contributed by atoms with Crippen molar-refractivity contribution in [3.05, 3.63) is 64.1 Å². The molecule has 1 aromatic heterocycles. The SMILES string of the molecule is O=c1ccc2c(n1CCCNc1ccccc1)CCC2. The first kappa shape index (κ1) is 13.0. The van der Waals surface area contributed by atoms with Crippen molar-refractivity contribution in [2.45, 2.75) is 32.2 Å². The monoisotopic (exact) mass is 268 g/mol. The summed E-state index contributed by atoms with van der Waals surface area (Å²) in [6, 6.07) is 13.9. The van der Waals surface area contributed by atoms with E-state index in [0.29, 0.717) is 0 Å². The lowest BCUT2D eigenvalue weighted by molar-refractivity contribution is 0.611. The Bertz CT molecular complexity index is 631. The summed E-state index contributed by atoms with van der Waals surface area (Å²) in [6.45, 7) is 1.70. The summed E-state index contributed by atoms with van der Waals surface area (Å²) in [6.07, 6.45) is 4.32. The minimum absolute atomic E-state index is 0.144. The molecule has 0 spiro atoms. The van der Waals surface area contributed by atoms with E-state index in [1.165, 1.54) is 17.7 Å². The molecule has 0 atom stereocenters. The third-order valence-electron chi connectivity index (χ3n) is 3.91. The lowest BCUT2D eigenvalue weighted by Crippen LogP contribution is -2.23. The van der Waals surface area contributed by atoms with Gasteiger partial charge in [0.05, 0.1) is 0 Å². The molecule has 104 valence electrons. The first-order valence-electron chi connectivity index (χ1n) is 7.35. The lowest BCUT2D eigenvalue weighted by Gasteiger charge is -2.12. The van der Waals surface area contributed by atoms with Gasteiger partial charge in [-0.1, -0.05) is 24.3 Å². The van der Waals surface area contributed by atoms with E-state index in [0.717, 1.165) is 38.0 Å². The summed E-state index contributed by atoms with van der Waals surface area (Å²) in [7, 11) is 0. The van der Waals surface area contributed by atoms with Crippen LogP contribution in [0.4, 0.5) is 5.69 Å². The predicted octanol–water partition coefficient (Wildman–Crippen LogP) is 2.84. The van der Waals surface area contributed by atoms with Gasteiger partial charge < -0.3 is 9.88 Å². The Morgan fingerprint density at radius 1 is 1.05 bits per heavy atom. The number of anilines is 1. The molecular formula is C17H20N2O. The summed E-state index contributed by atoms with van der Waals surface area (Å²) < 4.78 is 1.97. The van der Waals surface area contributed by atoms with Crippen LogP contribution in [0.5, 0.6) is 0 Å². The number of aromatic nitrogens is 1. The molecule has 0 amide bonds. The maximum Gasteiger partial charge on any atom is 0.250 e. The van der Waals surface area contributed by atoms with Gasteiger partial charge in [-0.3, -0.25) is 4.79 Å². The van der Waals surface area contributed by atoms with E-state index in [2.05, 4.69) is 17.4 Å². The average molecular weight is 268 g/mol. The number of para-hydroxylation sites is 1. The van der Waals surface area contributed by atoms with Crippen molar-refractivity contribution in [1.29, 1.82) is 0 Å². The van der Waals surface area contributed by atoms with Crippen molar-refractivity contribution in [1.82, 2.24) is 4.57 Å². The lowest BCUT2D eigenvalue weighted by atomic mass is 10.2. The van der Waals surface area contributed by atoms with Gasteiger partial charge in [-0.25, -0.2) is 0 Å². The molecule has 0 aliphatic heterocycles. The molecule has 1 aromatic carbocycles. The number of hydrogen-bond acceptors (Lipinski definition) is 2. The second-order valence-electron chi connectivity index (χ2n) is 5.30. The first-order chi connectivity index (χ1) is 9.84. The normalized spacial score (nSPS) is 13.2. The summed E-state index contributed by atoms with van der Waals surface area (Å²) in [5.74, 6) is 0. The second kappa shape index (κ2) is 5.95. The maximum absolute atomic E-state index is 12.0. The molecule has 20 heavy (non-hydrogen) atoms. The topological polar surface area (TPSA) is 34.0 Å². The van der Waals surface area contributed by atoms with E-state index < -0.39 is 0 Å². The van der Waals surface area contributed by atoms with Gasteiger partial charge in [-0.15, -0.1) is 0 Å². The molecular weight excluding hydrogens is 248 g/mol. The van der Waals surface area contributed by atoms with E-state index in [1.54, 1.807) is 6.07 Å². The molecule has 0 saturated carbocycles. The fraction of sp³-hybridized carbons (Fsp3) is 0.353. The number of rotatable bonds is 5. The van der Waals surface area contributed by atoms with Gasteiger partial charge in [0.15, 0.2) is 0 Å². The zero-order valence-corrected chi connectivity index (χ0v) is 11.6. The van der Waals surface area contributed by atoms with E-state index in [-0.39, 0.29) is 5.56 Å². The Labute approximate surface area is 119 Å².